The third-order valence-corrected chi connectivity index (χ3v) is 4.05. The molecule has 2 aromatic carbocycles. The second kappa shape index (κ2) is 8.50. The molecule has 0 aliphatic rings. The fraction of sp³-hybridized carbons (Fsp3) is 0.350. The van der Waals surface area contributed by atoms with Crippen molar-refractivity contribution in [1.82, 2.24) is 5.32 Å². The van der Waals surface area contributed by atoms with Crippen LogP contribution in [0.5, 0.6) is 0 Å². The van der Waals surface area contributed by atoms with Crippen molar-refractivity contribution in [2.45, 2.75) is 45.9 Å². The van der Waals surface area contributed by atoms with Crippen LogP contribution in [0.2, 0.25) is 0 Å². The normalized spacial score (nSPS) is 12.5. The van der Waals surface area contributed by atoms with Crippen LogP contribution in [0.4, 0.5) is 10.5 Å². The van der Waals surface area contributed by atoms with E-state index in [1.54, 1.807) is 0 Å². The molecule has 2 aromatic rings. The number of carbonyl (C=O) groups is 1. The number of benzene rings is 2. The van der Waals surface area contributed by atoms with Crippen LogP contribution < -0.4 is 10.6 Å². The summed E-state index contributed by atoms with van der Waals surface area (Å²) in [5, 5.41) is 6.24. The van der Waals surface area contributed by atoms with Crippen molar-refractivity contribution >= 4 is 27.7 Å². The first-order valence-electron chi connectivity index (χ1n) is 8.31. The zero-order valence-corrected chi connectivity index (χ0v) is 16.7. The van der Waals surface area contributed by atoms with E-state index in [-0.39, 0.29) is 6.04 Å². The van der Waals surface area contributed by atoms with Gasteiger partial charge >= 0.3 is 6.09 Å². The Bertz CT molecular complexity index is 708. The van der Waals surface area contributed by atoms with Gasteiger partial charge in [-0.15, -0.1) is 0 Å². The van der Waals surface area contributed by atoms with E-state index in [1.807, 2.05) is 57.2 Å². The number of ether oxygens (including phenoxy) is 1. The molecule has 0 aliphatic carbocycles. The van der Waals surface area contributed by atoms with E-state index in [1.165, 1.54) is 5.56 Å². The van der Waals surface area contributed by atoms with Crippen LogP contribution >= 0.6 is 15.9 Å². The van der Waals surface area contributed by atoms with Gasteiger partial charge in [-0.3, -0.25) is 5.32 Å². The minimum absolute atomic E-state index is 0.203. The maximum Gasteiger partial charge on any atom is 0.412 e. The molecule has 0 aromatic heterocycles. The number of carbonyl (C=O) groups excluding carboxylic acids is 1. The predicted octanol–water partition coefficient (Wildman–Crippen LogP) is 5.65. The van der Waals surface area contributed by atoms with Gasteiger partial charge in [0.25, 0.3) is 0 Å². The second-order valence-electron chi connectivity index (χ2n) is 6.98. The number of nitrogens with one attached hydrogen (secondary N) is 2. The summed E-state index contributed by atoms with van der Waals surface area (Å²) in [6.07, 6.45) is -0.443. The van der Waals surface area contributed by atoms with Crippen LogP contribution in [-0.2, 0) is 11.3 Å². The second-order valence-corrected chi connectivity index (χ2v) is 7.90. The Kier molecular flexibility index (Phi) is 6.62. The van der Waals surface area contributed by atoms with Crippen molar-refractivity contribution in [2.24, 2.45) is 0 Å². The highest BCUT2D eigenvalue weighted by Gasteiger charge is 2.16. The van der Waals surface area contributed by atoms with Gasteiger partial charge in [-0.25, -0.2) is 4.79 Å². The van der Waals surface area contributed by atoms with Crippen molar-refractivity contribution in [3.63, 3.8) is 0 Å². The molecule has 0 saturated heterocycles. The molecule has 0 saturated carbocycles. The van der Waals surface area contributed by atoms with E-state index >= 15 is 0 Å². The van der Waals surface area contributed by atoms with Crippen molar-refractivity contribution in [3.8, 4) is 0 Å². The molecule has 0 fully saturated rings. The Balaban J connectivity index is 1.89. The average Bonchev–Trinajstić information content (AvgIpc) is 2.51. The molecule has 2 N–H and O–H groups in total. The Morgan fingerprint density at radius 3 is 2.44 bits per heavy atom. The summed E-state index contributed by atoms with van der Waals surface area (Å²) in [4.78, 5) is 11.8. The van der Waals surface area contributed by atoms with Gasteiger partial charge in [0.1, 0.15) is 5.60 Å². The van der Waals surface area contributed by atoms with Gasteiger partial charge < -0.3 is 10.1 Å². The predicted molar refractivity (Wildman–Crippen MR) is 106 cm³/mol. The summed E-state index contributed by atoms with van der Waals surface area (Å²) >= 11 is 3.49. The molecule has 0 spiro atoms. The smallest absolute Gasteiger partial charge is 0.412 e. The highest BCUT2D eigenvalue weighted by atomic mass is 79.9. The Morgan fingerprint density at radius 2 is 1.84 bits per heavy atom. The Morgan fingerprint density at radius 1 is 1.16 bits per heavy atom. The first-order valence-corrected chi connectivity index (χ1v) is 9.10. The fourth-order valence-corrected chi connectivity index (χ4v) is 2.76. The number of amides is 1. The first-order chi connectivity index (χ1) is 11.7. The standard InChI is InChI=1S/C20H25BrN2O2/c1-14(22-13-15-6-5-7-17(21)12-15)16-8-10-18(11-9-16)23-19(24)25-20(2,3)4/h5-12,14,22H,13H2,1-4H3,(H,23,24). The molecule has 1 amide bonds. The molecular formula is C20H25BrN2O2. The van der Waals surface area contributed by atoms with Crippen LogP contribution in [-0.4, -0.2) is 11.7 Å². The maximum absolute atomic E-state index is 11.8. The fourth-order valence-electron chi connectivity index (χ4n) is 2.31. The largest absolute Gasteiger partial charge is 0.444 e. The van der Waals surface area contributed by atoms with Crippen molar-refractivity contribution in [3.05, 3.63) is 64.1 Å². The molecule has 0 aliphatic heterocycles. The van der Waals surface area contributed by atoms with Crippen molar-refractivity contribution < 1.29 is 9.53 Å². The molecule has 5 heteroatoms. The monoisotopic (exact) mass is 404 g/mol. The van der Waals surface area contributed by atoms with Crippen LogP contribution in [0.15, 0.2) is 53.0 Å². The molecule has 2 rings (SSSR count). The lowest BCUT2D eigenvalue weighted by molar-refractivity contribution is 0.0636. The molecule has 0 bridgehead atoms. The van der Waals surface area contributed by atoms with E-state index in [9.17, 15) is 4.79 Å². The molecule has 4 nitrogen and oxygen atoms in total. The number of rotatable bonds is 5. The third-order valence-electron chi connectivity index (χ3n) is 3.56. The van der Waals surface area contributed by atoms with Gasteiger partial charge in [-0.1, -0.05) is 40.2 Å². The summed E-state index contributed by atoms with van der Waals surface area (Å²) in [6.45, 7) is 8.43. The third kappa shape index (κ3) is 6.88. The van der Waals surface area contributed by atoms with Crippen LogP contribution in [0, 0.1) is 0 Å². The van der Waals surface area contributed by atoms with E-state index in [2.05, 4.69) is 45.6 Å². The zero-order chi connectivity index (χ0) is 18.4. The molecule has 0 radical (unpaired) electrons. The summed E-state index contributed by atoms with van der Waals surface area (Å²) < 4.78 is 6.33. The average molecular weight is 405 g/mol. The van der Waals surface area contributed by atoms with Crippen molar-refractivity contribution in [1.29, 1.82) is 0 Å². The summed E-state index contributed by atoms with van der Waals surface area (Å²) in [6, 6.07) is 16.2. The Hall–Kier alpha value is -1.85. The summed E-state index contributed by atoms with van der Waals surface area (Å²) in [7, 11) is 0. The van der Waals surface area contributed by atoms with E-state index in [0.29, 0.717) is 0 Å². The summed E-state index contributed by atoms with van der Waals surface area (Å²) in [5.41, 5.74) is 2.60. The van der Waals surface area contributed by atoms with Gasteiger partial charge in [0.05, 0.1) is 0 Å². The van der Waals surface area contributed by atoms with Gasteiger partial charge in [0.15, 0.2) is 0 Å². The van der Waals surface area contributed by atoms with E-state index in [4.69, 9.17) is 4.74 Å². The van der Waals surface area contributed by atoms with Gasteiger partial charge in [-0.05, 0) is 63.1 Å². The Labute approximate surface area is 158 Å². The van der Waals surface area contributed by atoms with Crippen molar-refractivity contribution in [2.75, 3.05) is 5.32 Å². The van der Waals surface area contributed by atoms with Crippen LogP contribution in [0.25, 0.3) is 0 Å². The molecular weight excluding hydrogens is 380 g/mol. The molecule has 0 heterocycles. The van der Waals surface area contributed by atoms with E-state index < -0.39 is 11.7 Å². The minimum atomic E-state index is -0.505. The highest BCUT2D eigenvalue weighted by Crippen LogP contribution is 2.18. The summed E-state index contributed by atoms with van der Waals surface area (Å²) in [5.74, 6) is 0. The lowest BCUT2D eigenvalue weighted by Crippen LogP contribution is -2.27. The zero-order valence-electron chi connectivity index (χ0n) is 15.1. The van der Waals surface area contributed by atoms with Gasteiger partial charge in [0, 0.05) is 22.7 Å². The lowest BCUT2D eigenvalue weighted by Gasteiger charge is -2.20. The topological polar surface area (TPSA) is 50.4 Å². The van der Waals surface area contributed by atoms with Crippen LogP contribution in [0.3, 0.4) is 0 Å². The maximum atomic E-state index is 11.8. The van der Waals surface area contributed by atoms with E-state index in [0.717, 1.165) is 22.3 Å². The molecule has 1 atom stereocenters. The lowest BCUT2D eigenvalue weighted by atomic mass is 10.1. The van der Waals surface area contributed by atoms with Gasteiger partial charge in [-0.2, -0.15) is 0 Å². The number of halogens is 1. The number of hydrogen-bond donors (Lipinski definition) is 2. The minimum Gasteiger partial charge on any atom is -0.444 e. The molecule has 134 valence electrons. The molecule has 1 unspecified atom stereocenters. The SMILES string of the molecule is CC(NCc1cccc(Br)c1)c1ccc(NC(=O)OC(C)(C)C)cc1. The number of hydrogen-bond acceptors (Lipinski definition) is 3. The number of anilines is 1. The quantitative estimate of drug-likeness (QED) is 0.676. The van der Waals surface area contributed by atoms with Gasteiger partial charge in [0.2, 0.25) is 0 Å². The highest BCUT2D eigenvalue weighted by molar-refractivity contribution is 9.10. The first kappa shape index (κ1) is 19.5. The molecule has 25 heavy (non-hydrogen) atoms. The van der Waals surface area contributed by atoms with Crippen LogP contribution in [0.1, 0.15) is 44.9 Å².